The molecule has 1 aliphatic heterocycles. The van der Waals surface area contributed by atoms with Crippen molar-refractivity contribution in [3.05, 3.63) is 70.3 Å². The summed E-state index contributed by atoms with van der Waals surface area (Å²) in [4.78, 5) is 24.9. The minimum Gasteiger partial charge on any atom is -0.484 e. The van der Waals surface area contributed by atoms with Gasteiger partial charge in [0.1, 0.15) is 5.75 Å². The van der Waals surface area contributed by atoms with E-state index in [0.29, 0.717) is 25.5 Å². The SMILES string of the molecule is O=C(COc1ccc([N+](=O)[O-])cc1)NC(CN1CCOCC1)c1ccccc1. The number of nitro benzene ring substituents is 1. The van der Waals surface area contributed by atoms with Crippen LogP contribution in [0.2, 0.25) is 0 Å². The number of carbonyl (C=O) groups is 1. The second-order valence-electron chi connectivity index (χ2n) is 6.48. The third kappa shape index (κ3) is 5.77. The van der Waals surface area contributed by atoms with Crippen molar-refractivity contribution in [1.29, 1.82) is 0 Å². The molecule has 2 aromatic carbocycles. The van der Waals surface area contributed by atoms with Crippen molar-refractivity contribution in [3.63, 3.8) is 0 Å². The molecule has 1 N–H and O–H groups in total. The second-order valence-corrected chi connectivity index (χ2v) is 6.48. The van der Waals surface area contributed by atoms with Crippen LogP contribution < -0.4 is 10.1 Å². The summed E-state index contributed by atoms with van der Waals surface area (Å²) in [6.07, 6.45) is 0. The first-order chi connectivity index (χ1) is 13.6. The van der Waals surface area contributed by atoms with Crippen molar-refractivity contribution in [2.75, 3.05) is 39.5 Å². The van der Waals surface area contributed by atoms with Crippen LogP contribution in [0.5, 0.6) is 5.75 Å². The van der Waals surface area contributed by atoms with Crippen molar-refractivity contribution in [1.82, 2.24) is 10.2 Å². The molecule has 1 fully saturated rings. The van der Waals surface area contributed by atoms with Crippen LogP contribution in [0.3, 0.4) is 0 Å². The molecule has 148 valence electrons. The fourth-order valence-corrected chi connectivity index (χ4v) is 3.01. The van der Waals surface area contributed by atoms with Crippen molar-refractivity contribution in [3.8, 4) is 5.75 Å². The van der Waals surface area contributed by atoms with Crippen molar-refractivity contribution in [2.24, 2.45) is 0 Å². The highest BCUT2D eigenvalue weighted by Gasteiger charge is 2.20. The molecule has 0 bridgehead atoms. The number of non-ortho nitro benzene ring substituents is 1. The lowest BCUT2D eigenvalue weighted by Crippen LogP contribution is -2.44. The number of hydrogen-bond acceptors (Lipinski definition) is 6. The van der Waals surface area contributed by atoms with Crippen LogP contribution in [-0.4, -0.2) is 55.2 Å². The van der Waals surface area contributed by atoms with Gasteiger partial charge in [0, 0.05) is 31.8 Å². The summed E-state index contributed by atoms with van der Waals surface area (Å²) in [5.41, 5.74) is 1.00. The van der Waals surface area contributed by atoms with Crippen molar-refractivity contribution < 1.29 is 19.2 Å². The van der Waals surface area contributed by atoms with Gasteiger partial charge in [0.05, 0.1) is 24.2 Å². The number of benzene rings is 2. The monoisotopic (exact) mass is 385 g/mol. The van der Waals surface area contributed by atoms with Crippen LogP contribution in [0, 0.1) is 10.1 Å². The first-order valence-electron chi connectivity index (χ1n) is 9.13. The van der Waals surface area contributed by atoms with E-state index >= 15 is 0 Å². The molecule has 28 heavy (non-hydrogen) atoms. The lowest BCUT2D eigenvalue weighted by molar-refractivity contribution is -0.384. The molecule has 2 aromatic rings. The number of carbonyl (C=O) groups excluding carboxylic acids is 1. The molecule has 8 nitrogen and oxygen atoms in total. The van der Waals surface area contributed by atoms with Gasteiger partial charge >= 0.3 is 0 Å². The van der Waals surface area contributed by atoms with Crippen molar-refractivity contribution in [2.45, 2.75) is 6.04 Å². The highest BCUT2D eigenvalue weighted by molar-refractivity contribution is 5.78. The Hall–Kier alpha value is -2.97. The Morgan fingerprint density at radius 3 is 2.46 bits per heavy atom. The van der Waals surface area contributed by atoms with Crippen molar-refractivity contribution >= 4 is 11.6 Å². The van der Waals surface area contributed by atoms with Crippen LogP contribution in [0.15, 0.2) is 54.6 Å². The molecular weight excluding hydrogens is 362 g/mol. The molecule has 1 heterocycles. The summed E-state index contributed by atoms with van der Waals surface area (Å²) in [6.45, 7) is 3.58. The van der Waals surface area contributed by atoms with Crippen LogP contribution in [0.1, 0.15) is 11.6 Å². The average molecular weight is 385 g/mol. The highest BCUT2D eigenvalue weighted by atomic mass is 16.6. The lowest BCUT2D eigenvalue weighted by atomic mass is 10.1. The number of amides is 1. The molecule has 1 saturated heterocycles. The zero-order valence-corrected chi connectivity index (χ0v) is 15.5. The van der Waals surface area contributed by atoms with Gasteiger partial charge in [-0.3, -0.25) is 19.8 Å². The van der Waals surface area contributed by atoms with Gasteiger partial charge in [0.25, 0.3) is 11.6 Å². The standard InChI is InChI=1S/C20H23N3O5/c24-20(15-28-18-8-6-17(7-9-18)23(25)26)21-19(16-4-2-1-3-5-16)14-22-10-12-27-13-11-22/h1-9,19H,10-15H2,(H,21,24). The number of nitrogens with one attached hydrogen (secondary N) is 1. The molecule has 1 atom stereocenters. The Balaban J connectivity index is 1.57. The molecule has 3 rings (SSSR count). The molecule has 0 aromatic heterocycles. The molecule has 1 amide bonds. The minimum atomic E-state index is -0.480. The van der Waals surface area contributed by atoms with Gasteiger partial charge in [-0.25, -0.2) is 0 Å². The van der Waals surface area contributed by atoms with E-state index in [1.807, 2.05) is 30.3 Å². The second kappa shape index (κ2) is 9.82. The van der Waals surface area contributed by atoms with E-state index in [-0.39, 0.29) is 24.2 Å². The largest absolute Gasteiger partial charge is 0.484 e. The quantitative estimate of drug-likeness (QED) is 0.553. The Morgan fingerprint density at radius 1 is 1.14 bits per heavy atom. The molecule has 8 heteroatoms. The minimum absolute atomic E-state index is 0.0218. The van der Waals surface area contributed by atoms with Gasteiger partial charge in [-0.1, -0.05) is 30.3 Å². The highest BCUT2D eigenvalue weighted by Crippen LogP contribution is 2.18. The molecule has 0 spiro atoms. The fraction of sp³-hybridized carbons (Fsp3) is 0.350. The van der Waals surface area contributed by atoms with Crippen LogP contribution in [0.4, 0.5) is 5.69 Å². The fourth-order valence-electron chi connectivity index (χ4n) is 3.01. The van der Waals surface area contributed by atoms with Gasteiger partial charge in [0.2, 0.25) is 0 Å². The van der Waals surface area contributed by atoms with E-state index in [0.717, 1.165) is 18.7 Å². The smallest absolute Gasteiger partial charge is 0.269 e. The Kier molecular flexibility index (Phi) is 6.94. The molecule has 1 aliphatic rings. The number of nitro groups is 1. The van der Waals surface area contributed by atoms with Gasteiger partial charge in [-0.05, 0) is 17.7 Å². The normalized spacial score (nSPS) is 15.6. The molecule has 0 saturated carbocycles. The zero-order valence-electron chi connectivity index (χ0n) is 15.5. The Labute approximate surface area is 163 Å². The first-order valence-corrected chi connectivity index (χ1v) is 9.13. The predicted octanol–water partition coefficient (Wildman–Crippen LogP) is 2.16. The van der Waals surface area contributed by atoms with Crippen LogP contribution in [-0.2, 0) is 9.53 Å². The predicted molar refractivity (Wildman–Crippen MR) is 103 cm³/mol. The van der Waals surface area contributed by atoms with Crippen LogP contribution in [0.25, 0.3) is 0 Å². The van der Waals surface area contributed by atoms with E-state index in [2.05, 4.69) is 10.2 Å². The topological polar surface area (TPSA) is 93.9 Å². The zero-order chi connectivity index (χ0) is 19.8. The summed E-state index contributed by atoms with van der Waals surface area (Å²) in [6, 6.07) is 15.3. The van der Waals surface area contributed by atoms with E-state index in [1.54, 1.807) is 0 Å². The van der Waals surface area contributed by atoms with E-state index in [4.69, 9.17) is 9.47 Å². The summed E-state index contributed by atoms with van der Waals surface area (Å²) in [5, 5.41) is 13.7. The molecule has 0 radical (unpaired) electrons. The summed E-state index contributed by atoms with van der Waals surface area (Å²) < 4.78 is 10.8. The first kappa shape index (κ1) is 19.8. The number of hydrogen-bond donors (Lipinski definition) is 1. The van der Waals surface area contributed by atoms with E-state index in [9.17, 15) is 14.9 Å². The molecule has 1 unspecified atom stereocenters. The van der Waals surface area contributed by atoms with Gasteiger partial charge in [0.15, 0.2) is 6.61 Å². The average Bonchev–Trinajstić information content (AvgIpc) is 2.73. The maximum absolute atomic E-state index is 12.4. The van der Waals surface area contributed by atoms with E-state index in [1.165, 1.54) is 24.3 Å². The number of nitrogens with zero attached hydrogens (tertiary/aromatic N) is 2. The van der Waals surface area contributed by atoms with Gasteiger partial charge < -0.3 is 14.8 Å². The Bertz CT molecular complexity index is 776. The van der Waals surface area contributed by atoms with E-state index < -0.39 is 4.92 Å². The molecular formula is C20H23N3O5. The van der Waals surface area contributed by atoms with Crippen LogP contribution >= 0.6 is 0 Å². The summed E-state index contributed by atoms with van der Waals surface area (Å²) in [5.74, 6) is 0.158. The molecule has 0 aliphatic carbocycles. The summed E-state index contributed by atoms with van der Waals surface area (Å²) >= 11 is 0. The third-order valence-corrected chi connectivity index (χ3v) is 4.50. The summed E-state index contributed by atoms with van der Waals surface area (Å²) in [7, 11) is 0. The Morgan fingerprint density at radius 2 is 1.82 bits per heavy atom. The number of rotatable bonds is 8. The maximum atomic E-state index is 12.4. The number of ether oxygens (including phenoxy) is 2. The maximum Gasteiger partial charge on any atom is 0.269 e. The van der Waals surface area contributed by atoms with Gasteiger partial charge in [-0.2, -0.15) is 0 Å². The lowest BCUT2D eigenvalue weighted by Gasteiger charge is -2.31. The number of morpholine rings is 1. The third-order valence-electron chi connectivity index (χ3n) is 4.50. The van der Waals surface area contributed by atoms with Gasteiger partial charge in [-0.15, -0.1) is 0 Å².